The summed E-state index contributed by atoms with van der Waals surface area (Å²) >= 11 is 0. The molecule has 7 heteroatoms. The molecule has 4 aliphatic rings. The van der Waals surface area contributed by atoms with Crippen LogP contribution in [0, 0.1) is 11.8 Å². The maximum Gasteiger partial charge on any atom is 0.407 e. The predicted molar refractivity (Wildman–Crippen MR) is 131 cm³/mol. The highest BCUT2D eigenvalue weighted by Crippen LogP contribution is 2.45. The van der Waals surface area contributed by atoms with Crippen molar-refractivity contribution in [3.63, 3.8) is 0 Å². The molecule has 2 aliphatic carbocycles. The van der Waals surface area contributed by atoms with Gasteiger partial charge < -0.3 is 20.1 Å². The molecule has 2 N–H and O–H groups in total. The van der Waals surface area contributed by atoms with E-state index in [-0.39, 0.29) is 24.3 Å². The van der Waals surface area contributed by atoms with Gasteiger partial charge in [-0.15, -0.1) is 0 Å². The van der Waals surface area contributed by atoms with Crippen LogP contribution < -0.4 is 5.32 Å². The Bertz CT molecular complexity index is 1110. The molecule has 2 saturated heterocycles. The number of nitrogens with one attached hydrogen (secondary N) is 1. The highest BCUT2D eigenvalue weighted by Gasteiger charge is 2.54. The molecule has 2 aromatic carbocycles. The predicted octanol–water partition coefficient (Wildman–Crippen LogP) is 4.41. The molecule has 2 aromatic rings. The van der Waals surface area contributed by atoms with Gasteiger partial charge in [0.2, 0.25) is 5.91 Å². The number of nitrogens with zero attached hydrogens (tertiary/aromatic N) is 1. The minimum absolute atomic E-state index is 0.0746. The third kappa shape index (κ3) is 3.97. The number of hydrogen-bond acceptors (Lipinski definition) is 4. The van der Waals surface area contributed by atoms with Crippen molar-refractivity contribution in [1.82, 2.24) is 10.2 Å². The van der Waals surface area contributed by atoms with E-state index in [1.54, 1.807) is 0 Å². The van der Waals surface area contributed by atoms with Crippen molar-refractivity contribution in [2.24, 2.45) is 11.8 Å². The second-order valence-corrected chi connectivity index (χ2v) is 10.4. The van der Waals surface area contributed by atoms with Gasteiger partial charge in [0.15, 0.2) is 0 Å². The van der Waals surface area contributed by atoms with Crippen molar-refractivity contribution in [2.75, 3.05) is 13.2 Å². The molecule has 6 rings (SSSR count). The van der Waals surface area contributed by atoms with E-state index >= 15 is 0 Å². The molecule has 2 bridgehead atoms. The molecule has 3 fully saturated rings. The van der Waals surface area contributed by atoms with Gasteiger partial charge in [0.05, 0.1) is 0 Å². The maximum atomic E-state index is 13.6. The van der Waals surface area contributed by atoms with Crippen LogP contribution in [0.2, 0.25) is 0 Å². The first kappa shape index (κ1) is 23.4. The summed E-state index contributed by atoms with van der Waals surface area (Å²) in [6.45, 7) is 4.29. The largest absolute Gasteiger partial charge is 0.479 e. The lowest BCUT2D eigenvalue weighted by atomic mass is 9.70. The van der Waals surface area contributed by atoms with Crippen LogP contribution in [-0.2, 0) is 14.3 Å². The number of amides is 2. The smallest absolute Gasteiger partial charge is 0.407 e. The van der Waals surface area contributed by atoms with Gasteiger partial charge in [-0.3, -0.25) is 4.79 Å². The first-order valence-electron chi connectivity index (χ1n) is 12.5. The number of carboxylic acid groups (broad SMARTS) is 1. The van der Waals surface area contributed by atoms with Crippen LogP contribution in [0.4, 0.5) is 4.79 Å². The molecule has 0 aromatic heterocycles. The average Bonchev–Trinajstić information content (AvgIpc) is 3.19. The zero-order valence-electron chi connectivity index (χ0n) is 20.2. The van der Waals surface area contributed by atoms with Gasteiger partial charge in [-0.2, -0.15) is 0 Å². The number of carboxylic acids is 1. The third-order valence-corrected chi connectivity index (χ3v) is 8.10. The number of aliphatic carboxylic acids is 1. The molecule has 1 saturated carbocycles. The fourth-order valence-electron chi connectivity index (χ4n) is 6.12. The van der Waals surface area contributed by atoms with Crippen molar-refractivity contribution in [3.05, 3.63) is 59.7 Å². The number of hydrogen-bond donors (Lipinski definition) is 2. The molecule has 2 amide bonds. The molecule has 0 radical (unpaired) electrons. The Morgan fingerprint density at radius 3 is 2.14 bits per heavy atom. The summed E-state index contributed by atoms with van der Waals surface area (Å²) in [5, 5.41) is 12.8. The Morgan fingerprint density at radius 2 is 1.60 bits per heavy atom. The van der Waals surface area contributed by atoms with Gasteiger partial charge in [-0.1, -0.05) is 62.4 Å². The van der Waals surface area contributed by atoms with Gasteiger partial charge in [-0.05, 0) is 59.8 Å². The molecular weight excluding hydrogens is 444 g/mol. The van der Waals surface area contributed by atoms with Crippen LogP contribution in [-0.4, -0.2) is 52.7 Å². The lowest BCUT2D eigenvalue weighted by molar-refractivity contribution is -0.171. The number of piperidine rings is 2. The quantitative estimate of drug-likeness (QED) is 0.644. The topological polar surface area (TPSA) is 95.9 Å². The maximum absolute atomic E-state index is 13.6. The standard InChI is InChI=1S/C28H32N2O5/c1-17(2)24(25(31)30-15-18-11-13-28(30,14-12-18)26(32)33)29-27(34)35-16-23-21-9-5-3-7-19(21)20-8-4-6-10-22(20)23/h3-10,17-18,23-24H,11-16H2,1-2H3,(H,29,34)(H,32,33)/t18?,24-,28?/m0/s1. The summed E-state index contributed by atoms with van der Waals surface area (Å²) in [6, 6.07) is 15.4. The number of carbonyl (C=O) groups is 3. The fourth-order valence-corrected chi connectivity index (χ4v) is 6.12. The Hall–Kier alpha value is -3.35. The lowest BCUT2D eigenvalue weighted by Crippen LogP contribution is -2.67. The highest BCUT2D eigenvalue weighted by molar-refractivity contribution is 5.92. The second kappa shape index (κ2) is 9.02. The van der Waals surface area contributed by atoms with E-state index in [9.17, 15) is 19.5 Å². The molecular formula is C28H32N2O5. The third-order valence-electron chi connectivity index (χ3n) is 8.10. The Labute approximate surface area is 205 Å². The molecule has 0 spiro atoms. The lowest BCUT2D eigenvalue weighted by Gasteiger charge is -2.52. The Kier molecular flexibility index (Phi) is 6.03. The van der Waals surface area contributed by atoms with Crippen molar-refractivity contribution in [3.8, 4) is 11.1 Å². The van der Waals surface area contributed by atoms with E-state index < -0.39 is 23.6 Å². The van der Waals surface area contributed by atoms with E-state index in [1.165, 1.54) is 4.90 Å². The molecule has 0 unspecified atom stereocenters. The van der Waals surface area contributed by atoms with E-state index in [0.29, 0.717) is 25.3 Å². The van der Waals surface area contributed by atoms with Gasteiger partial charge in [0, 0.05) is 12.5 Å². The monoisotopic (exact) mass is 476 g/mol. The number of rotatable bonds is 6. The van der Waals surface area contributed by atoms with Gasteiger partial charge in [0.25, 0.3) is 0 Å². The highest BCUT2D eigenvalue weighted by atomic mass is 16.5. The normalized spacial score (nSPS) is 23.5. The molecule has 2 aliphatic heterocycles. The molecule has 184 valence electrons. The van der Waals surface area contributed by atoms with Crippen molar-refractivity contribution < 1.29 is 24.2 Å². The summed E-state index contributed by atoms with van der Waals surface area (Å²) in [7, 11) is 0. The van der Waals surface area contributed by atoms with Crippen molar-refractivity contribution in [1.29, 1.82) is 0 Å². The fraction of sp³-hybridized carbons (Fsp3) is 0.464. The van der Waals surface area contributed by atoms with Crippen LogP contribution >= 0.6 is 0 Å². The molecule has 35 heavy (non-hydrogen) atoms. The van der Waals surface area contributed by atoms with E-state index in [1.807, 2.05) is 38.1 Å². The van der Waals surface area contributed by atoms with Crippen LogP contribution in [0.25, 0.3) is 11.1 Å². The molecule has 7 nitrogen and oxygen atoms in total. The van der Waals surface area contributed by atoms with Crippen LogP contribution in [0.3, 0.4) is 0 Å². The Morgan fingerprint density at radius 1 is 1.03 bits per heavy atom. The van der Waals surface area contributed by atoms with Crippen LogP contribution in [0.1, 0.15) is 56.6 Å². The number of benzene rings is 2. The summed E-state index contributed by atoms with van der Waals surface area (Å²) in [4.78, 5) is 40.2. The first-order valence-corrected chi connectivity index (χ1v) is 12.5. The van der Waals surface area contributed by atoms with Crippen LogP contribution in [0.5, 0.6) is 0 Å². The number of fused-ring (bicyclic) bond motifs is 6. The molecule has 1 atom stereocenters. The van der Waals surface area contributed by atoms with Gasteiger partial charge in [0.1, 0.15) is 18.2 Å². The summed E-state index contributed by atoms with van der Waals surface area (Å²) in [5.41, 5.74) is 3.36. The van der Waals surface area contributed by atoms with Gasteiger partial charge >= 0.3 is 12.1 Å². The first-order chi connectivity index (χ1) is 16.8. The van der Waals surface area contributed by atoms with Crippen molar-refractivity contribution in [2.45, 2.75) is 57.0 Å². The summed E-state index contributed by atoms with van der Waals surface area (Å²) in [6.07, 6.45) is 1.92. The zero-order chi connectivity index (χ0) is 24.7. The number of alkyl carbamates (subject to hydrolysis) is 1. The Balaban J connectivity index is 1.29. The summed E-state index contributed by atoms with van der Waals surface area (Å²) in [5.74, 6) is -1.25. The van der Waals surface area contributed by atoms with E-state index in [0.717, 1.165) is 35.1 Å². The minimum Gasteiger partial charge on any atom is -0.479 e. The SMILES string of the molecule is CC(C)[C@H](NC(=O)OCC1c2ccccc2-c2ccccc21)C(=O)N1CC2CCC1(C(=O)O)CC2. The van der Waals surface area contributed by atoms with Crippen molar-refractivity contribution >= 4 is 18.0 Å². The zero-order valence-corrected chi connectivity index (χ0v) is 20.2. The van der Waals surface area contributed by atoms with Gasteiger partial charge in [-0.25, -0.2) is 9.59 Å². The van der Waals surface area contributed by atoms with E-state index in [2.05, 4.69) is 29.6 Å². The van der Waals surface area contributed by atoms with Crippen LogP contribution in [0.15, 0.2) is 48.5 Å². The summed E-state index contributed by atoms with van der Waals surface area (Å²) < 4.78 is 5.66. The molecule has 2 heterocycles. The van der Waals surface area contributed by atoms with E-state index in [4.69, 9.17) is 4.74 Å². The number of ether oxygens (including phenoxy) is 1. The minimum atomic E-state index is -1.16. The second-order valence-electron chi connectivity index (χ2n) is 10.4. The number of carbonyl (C=O) groups excluding carboxylic acids is 2. The average molecular weight is 477 g/mol.